The number of halogens is 2. The number of aryl methyl sites for hydroxylation is 1. The molecule has 8 nitrogen and oxygen atoms in total. The maximum Gasteiger partial charge on any atom is 0.285 e. The van der Waals surface area contributed by atoms with Crippen LogP contribution in [0.4, 0.5) is 5.69 Å². The fraction of sp³-hybridized carbons (Fsp3) is 0.273. The van der Waals surface area contributed by atoms with Gasteiger partial charge in [-0.15, -0.1) is 0 Å². The molecule has 0 bridgehead atoms. The molecule has 10 heteroatoms. The third-order valence-electron chi connectivity index (χ3n) is 4.56. The van der Waals surface area contributed by atoms with Crippen molar-refractivity contribution in [3.8, 4) is 5.75 Å². The number of benzene rings is 2. The van der Waals surface area contributed by atoms with E-state index < -0.39 is 5.91 Å². The topological polar surface area (TPSA) is 100 Å². The van der Waals surface area contributed by atoms with Gasteiger partial charge in [0.15, 0.2) is 0 Å². The van der Waals surface area contributed by atoms with Crippen molar-refractivity contribution in [1.29, 1.82) is 0 Å². The summed E-state index contributed by atoms with van der Waals surface area (Å²) in [4.78, 5) is 36.6. The lowest BCUT2D eigenvalue weighted by atomic mass is 10.1. The van der Waals surface area contributed by atoms with E-state index in [0.29, 0.717) is 27.9 Å². The summed E-state index contributed by atoms with van der Waals surface area (Å²) >= 11 is 11.9. The average Bonchev–Trinajstić information content (AvgIpc) is 2.76. The lowest BCUT2D eigenvalue weighted by molar-refractivity contribution is -0.126. The molecule has 0 radical (unpaired) electrons. The first-order valence-corrected chi connectivity index (χ1v) is 10.7. The molecule has 2 aromatic rings. The predicted molar refractivity (Wildman–Crippen MR) is 123 cm³/mol. The molecule has 0 aromatic heterocycles. The minimum absolute atomic E-state index is 0.131. The minimum Gasteiger partial charge on any atom is -0.492 e. The zero-order valence-electron chi connectivity index (χ0n) is 17.4. The van der Waals surface area contributed by atoms with Crippen molar-refractivity contribution in [2.45, 2.75) is 32.6 Å². The summed E-state index contributed by atoms with van der Waals surface area (Å²) in [5, 5.41) is 6.28. The predicted octanol–water partition coefficient (Wildman–Crippen LogP) is 3.79. The number of rotatable bonds is 7. The molecule has 3 rings (SSSR count). The molecule has 0 saturated carbocycles. The number of carbonyl (C=O) groups is 3. The number of anilines is 1. The Balaban J connectivity index is 1.45. The Labute approximate surface area is 195 Å². The molecule has 1 aliphatic heterocycles. The van der Waals surface area contributed by atoms with E-state index >= 15 is 0 Å². The van der Waals surface area contributed by atoms with Crippen LogP contribution in [0.3, 0.4) is 0 Å². The molecule has 168 valence electrons. The van der Waals surface area contributed by atoms with Crippen LogP contribution in [-0.2, 0) is 14.4 Å². The maximum atomic E-state index is 12.4. The van der Waals surface area contributed by atoms with Gasteiger partial charge in [0.05, 0.1) is 17.3 Å². The van der Waals surface area contributed by atoms with Gasteiger partial charge in [-0.25, -0.2) is 5.01 Å². The van der Waals surface area contributed by atoms with Crippen molar-refractivity contribution in [1.82, 2.24) is 10.9 Å². The van der Waals surface area contributed by atoms with E-state index in [0.717, 1.165) is 5.56 Å². The summed E-state index contributed by atoms with van der Waals surface area (Å²) in [7, 11) is 0. The quantitative estimate of drug-likeness (QED) is 0.468. The molecule has 0 saturated heterocycles. The van der Waals surface area contributed by atoms with E-state index in [4.69, 9.17) is 27.9 Å². The van der Waals surface area contributed by atoms with Crippen LogP contribution < -0.4 is 20.6 Å². The largest absolute Gasteiger partial charge is 0.492 e. The summed E-state index contributed by atoms with van der Waals surface area (Å²) < 4.78 is 5.52. The Bertz CT molecular complexity index is 1060. The highest BCUT2D eigenvalue weighted by molar-refractivity contribution is 6.40. The van der Waals surface area contributed by atoms with Gasteiger partial charge in [-0.2, -0.15) is 5.10 Å². The van der Waals surface area contributed by atoms with Gasteiger partial charge in [-0.1, -0.05) is 35.3 Å². The van der Waals surface area contributed by atoms with Crippen LogP contribution >= 0.6 is 23.2 Å². The minimum atomic E-state index is -0.562. The highest BCUT2D eigenvalue weighted by Crippen LogP contribution is 2.27. The Kier molecular flexibility index (Phi) is 8.08. The van der Waals surface area contributed by atoms with Gasteiger partial charge in [0.25, 0.3) is 5.91 Å². The van der Waals surface area contributed by atoms with Crippen LogP contribution in [0.25, 0.3) is 0 Å². The van der Waals surface area contributed by atoms with Crippen LogP contribution in [-0.4, -0.2) is 30.0 Å². The molecule has 3 amide bonds. The van der Waals surface area contributed by atoms with Crippen molar-refractivity contribution in [2.24, 2.45) is 5.10 Å². The third-order valence-corrected chi connectivity index (χ3v) is 5.09. The highest BCUT2D eigenvalue weighted by atomic mass is 35.5. The number of nitrogens with one attached hydrogen (secondary N) is 2. The van der Waals surface area contributed by atoms with Crippen molar-refractivity contribution in [2.75, 3.05) is 11.6 Å². The first-order valence-electron chi connectivity index (χ1n) is 9.97. The van der Waals surface area contributed by atoms with Crippen molar-refractivity contribution < 1.29 is 19.1 Å². The number of hydrogen-bond acceptors (Lipinski definition) is 5. The molecule has 0 fully saturated rings. The summed E-state index contributed by atoms with van der Waals surface area (Å²) in [5.41, 5.74) is 6.41. The van der Waals surface area contributed by atoms with Crippen molar-refractivity contribution in [3.63, 3.8) is 0 Å². The number of amides is 3. The van der Waals surface area contributed by atoms with Gasteiger partial charge < -0.3 is 4.74 Å². The zero-order chi connectivity index (χ0) is 23.1. The van der Waals surface area contributed by atoms with E-state index in [9.17, 15) is 14.4 Å². The second-order valence-corrected chi connectivity index (χ2v) is 7.96. The summed E-state index contributed by atoms with van der Waals surface area (Å²) in [6.45, 7) is 2.17. The molecule has 0 unspecified atom stereocenters. The third kappa shape index (κ3) is 6.45. The summed E-state index contributed by atoms with van der Waals surface area (Å²) in [6, 6.07) is 12.2. The van der Waals surface area contributed by atoms with E-state index in [1.165, 1.54) is 5.01 Å². The highest BCUT2D eigenvalue weighted by Gasteiger charge is 2.25. The van der Waals surface area contributed by atoms with Crippen molar-refractivity contribution >= 4 is 52.3 Å². The number of hydrazine groups is 1. The number of carbonyl (C=O) groups excluding carboxylic acids is 3. The van der Waals surface area contributed by atoms with Gasteiger partial charge in [0.2, 0.25) is 11.8 Å². The average molecular weight is 477 g/mol. The van der Waals surface area contributed by atoms with E-state index in [1.54, 1.807) is 24.3 Å². The Hall–Kier alpha value is -3.10. The summed E-state index contributed by atoms with van der Waals surface area (Å²) in [5.74, 6) is -0.662. The van der Waals surface area contributed by atoms with E-state index in [-0.39, 0.29) is 43.4 Å². The number of ether oxygens (including phenoxy) is 1. The molecule has 1 aliphatic rings. The monoisotopic (exact) mass is 476 g/mol. The van der Waals surface area contributed by atoms with Crippen molar-refractivity contribution in [3.05, 3.63) is 58.1 Å². The molecular weight excluding hydrogens is 455 g/mol. The Morgan fingerprint density at radius 3 is 2.69 bits per heavy atom. The molecule has 32 heavy (non-hydrogen) atoms. The van der Waals surface area contributed by atoms with Gasteiger partial charge in [-0.3, -0.25) is 25.2 Å². The molecule has 0 spiro atoms. The second-order valence-electron chi connectivity index (χ2n) is 7.12. The van der Waals surface area contributed by atoms with E-state index in [1.807, 2.05) is 25.1 Å². The first-order chi connectivity index (χ1) is 15.3. The molecule has 0 aliphatic carbocycles. The molecule has 1 heterocycles. The Morgan fingerprint density at radius 1 is 1.12 bits per heavy atom. The number of nitrogens with zero attached hydrogens (tertiary/aromatic N) is 2. The number of hydrazone groups is 1. The molecular formula is C22H22Cl2N4O4. The SMILES string of the molecule is Cc1cccc(N2N=C(C(=O)NNC(=O)CCCOc3ccc(Cl)cc3Cl)CCC2=O)c1. The molecule has 2 aromatic carbocycles. The normalized spacial score (nSPS) is 13.4. The van der Waals surface area contributed by atoms with Gasteiger partial charge >= 0.3 is 0 Å². The molecule has 2 N–H and O–H groups in total. The smallest absolute Gasteiger partial charge is 0.285 e. The van der Waals surface area contributed by atoms with Gasteiger partial charge in [0, 0.05) is 24.3 Å². The second kappa shape index (κ2) is 11.0. The van der Waals surface area contributed by atoms with Crippen LogP contribution in [0.2, 0.25) is 10.0 Å². The van der Waals surface area contributed by atoms with Crippen LogP contribution in [0.1, 0.15) is 31.2 Å². The Morgan fingerprint density at radius 2 is 1.94 bits per heavy atom. The fourth-order valence-electron chi connectivity index (χ4n) is 2.95. The van der Waals surface area contributed by atoms with Crippen LogP contribution in [0, 0.1) is 6.92 Å². The fourth-order valence-corrected chi connectivity index (χ4v) is 3.41. The lowest BCUT2D eigenvalue weighted by Gasteiger charge is -2.23. The van der Waals surface area contributed by atoms with Crippen LogP contribution in [0.5, 0.6) is 5.75 Å². The standard InChI is InChI=1S/C22H22Cl2N4O4/c1-14-4-2-5-16(12-14)28-21(30)10-8-18(27-28)22(31)26-25-20(29)6-3-11-32-19-9-7-15(23)13-17(19)24/h2,4-5,7,9,12-13H,3,6,8,10-11H2,1H3,(H,25,29)(H,26,31). The maximum absolute atomic E-state index is 12.4. The number of hydrogen-bond donors (Lipinski definition) is 2. The van der Waals surface area contributed by atoms with E-state index in [2.05, 4.69) is 16.0 Å². The molecule has 0 atom stereocenters. The summed E-state index contributed by atoms with van der Waals surface area (Å²) in [6.07, 6.45) is 0.889. The lowest BCUT2D eigenvalue weighted by Crippen LogP contribution is -2.47. The zero-order valence-corrected chi connectivity index (χ0v) is 18.9. The van der Waals surface area contributed by atoms with Crippen LogP contribution in [0.15, 0.2) is 47.6 Å². The first kappa shape index (κ1) is 23.6. The van der Waals surface area contributed by atoms with Gasteiger partial charge in [0.1, 0.15) is 11.5 Å². The van der Waals surface area contributed by atoms with Gasteiger partial charge in [-0.05, 0) is 49.2 Å².